The average Bonchev–Trinajstić information content (AvgIpc) is 2.71. The van der Waals surface area contributed by atoms with E-state index in [1.165, 1.54) is 17.0 Å². The topological polar surface area (TPSA) is 111 Å². The monoisotopic (exact) mass is 387 g/mol. The third-order valence-electron chi connectivity index (χ3n) is 4.06. The molecule has 0 aliphatic rings. The summed E-state index contributed by atoms with van der Waals surface area (Å²) in [7, 11) is 4.69. The number of anilines is 1. The summed E-state index contributed by atoms with van der Waals surface area (Å²) in [5.41, 5.74) is 0.913. The van der Waals surface area contributed by atoms with E-state index in [9.17, 15) is 19.7 Å². The van der Waals surface area contributed by atoms with Crippen molar-refractivity contribution in [3.05, 3.63) is 63.7 Å². The molecule has 0 saturated heterocycles. The van der Waals surface area contributed by atoms with Crippen LogP contribution in [0.4, 0.5) is 11.4 Å². The number of nitrogens with zero attached hydrogens (tertiary/aromatic N) is 2. The number of rotatable bonds is 8. The van der Waals surface area contributed by atoms with E-state index in [0.717, 1.165) is 11.6 Å². The van der Waals surface area contributed by atoms with Crippen LogP contribution in [0.1, 0.15) is 15.9 Å². The highest BCUT2D eigenvalue weighted by atomic mass is 16.6. The second-order valence-electron chi connectivity index (χ2n) is 5.87. The zero-order chi connectivity index (χ0) is 20.7. The van der Waals surface area contributed by atoms with Crippen LogP contribution >= 0.6 is 0 Å². The number of amides is 1. The molecule has 1 amide bonds. The molecule has 28 heavy (non-hydrogen) atoms. The molecule has 0 atom stereocenters. The number of esters is 1. The van der Waals surface area contributed by atoms with Crippen LogP contribution in [0.2, 0.25) is 0 Å². The first-order valence-electron chi connectivity index (χ1n) is 8.36. The summed E-state index contributed by atoms with van der Waals surface area (Å²) in [6.07, 6.45) is 0. The van der Waals surface area contributed by atoms with Crippen molar-refractivity contribution in [1.82, 2.24) is 4.90 Å². The van der Waals surface area contributed by atoms with Crippen LogP contribution in [0, 0.1) is 10.1 Å². The Morgan fingerprint density at radius 1 is 1.21 bits per heavy atom. The second kappa shape index (κ2) is 9.36. The Balaban J connectivity index is 2.03. The van der Waals surface area contributed by atoms with Gasteiger partial charge < -0.3 is 19.7 Å². The molecule has 2 aromatic carbocycles. The lowest BCUT2D eigenvalue weighted by Crippen LogP contribution is -2.31. The number of ether oxygens (including phenoxy) is 2. The Labute approximate surface area is 162 Å². The molecule has 0 aliphatic carbocycles. The molecular formula is C19H21N3O6. The van der Waals surface area contributed by atoms with Gasteiger partial charge in [-0.1, -0.05) is 18.2 Å². The first-order chi connectivity index (χ1) is 13.4. The average molecular weight is 387 g/mol. The van der Waals surface area contributed by atoms with Gasteiger partial charge >= 0.3 is 5.97 Å². The molecule has 9 heteroatoms. The predicted octanol–water partition coefficient (Wildman–Crippen LogP) is 2.46. The maximum absolute atomic E-state index is 12.3. The van der Waals surface area contributed by atoms with Crippen LogP contribution in [0.15, 0.2) is 42.5 Å². The van der Waals surface area contributed by atoms with Crippen LogP contribution < -0.4 is 10.1 Å². The van der Waals surface area contributed by atoms with Gasteiger partial charge in [-0.2, -0.15) is 0 Å². The number of hydrogen-bond acceptors (Lipinski definition) is 7. The van der Waals surface area contributed by atoms with Crippen LogP contribution in [0.25, 0.3) is 0 Å². The Morgan fingerprint density at radius 2 is 1.93 bits per heavy atom. The molecule has 0 bridgehead atoms. The third kappa shape index (κ3) is 4.97. The zero-order valence-electron chi connectivity index (χ0n) is 15.8. The van der Waals surface area contributed by atoms with Crippen molar-refractivity contribution in [2.75, 3.05) is 33.1 Å². The number of likely N-dealkylation sites (N-methyl/N-ethyl adjacent to an activating group) is 1. The van der Waals surface area contributed by atoms with Crippen molar-refractivity contribution >= 4 is 23.3 Å². The summed E-state index contributed by atoms with van der Waals surface area (Å²) < 4.78 is 10.3. The molecular weight excluding hydrogens is 366 g/mol. The zero-order valence-corrected chi connectivity index (χ0v) is 15.8. The molecule has 0 heterocycles. The fourth-order valence-electron chi connectivity index (χ4n) is 2.53. The fraction of sp³-hybridized carbons (Fsp3) is 0.263. The quantitative estimate of drug-likeness (QED) is 0.421. The van der Waals surface area contributed by atoms with Crippen LogP contribution in [0.5, 0.6) is 5.75 Å². The van der Waals surface area contributed by atoms with Gasteiger partial charge in [-0.15, -0.1) is 0 Å². The number of hydrogen-bond donors (Lipinski definition) is 1. The van der Waals surface area contributed by atoms with E-state index in [1.807, 2.05) is 18.2 Å². The van der Waals surface area contributed by atoms with Gasteiger partial charge in [0.05, 0.1) is 17.6 Å². The van der Waals surface area contributed by atoms with E-state index < -0.39 is 23.4 Å². The lowest BCUT2D eigenvalue weighted by molar-refractivity contribution is -0.384. The lowest BCUT2D eigenvalue weighted by atomic mass is 10.1. The summed E-state index contributed by atoms with van der Waals surface area (Å²) in [5, 5.41) is 13.7. The molecule has 148 valence electrons. The van der Waals surface area contributed by atoms with Gasteiger partial charge in [0.15, 0.2) is 6.61 Å². The van der Waals surface area contributed by atoms with E-state index in [2.05, 4.69) is 5.32 Å². The van der Waals surface area contributed by atoms with Crippen LogP contribution in [0.3, 0.4) is 0 Å². The highest BCUT2D eigenvalue weighted by Crippen LogP contribution is 2.23. The molecule has 0 spiro atoms. The van der Waals surface area contributed by atoms with Gasteiger partial charge in [0, 0.05) is 44.0 Å². The smallest absolute Gasteiger partial charge is 0.341 e. The van der Waals surface area contributed by atoms with Crippen molar-refractivity contribution < 1.29 is 24.0 Å². The molecule has 0 aromatic heterocycles. The predicted molar refractivity (Wildman–Crippen MR) is 102 cm³/mol. The van der Waals surface area contributed by atoms with Crippen molar-refractivity contribution in [3.63, 3.8) is 0 Å². The van der Waals surface area contributed by atoms with Crippen LogP contribution in [-0.4, -0.2) is 49.5 Å². The van der Waals surface area contributed by atoms with E-state index in [-0.39, 0.29) is 17.8 Å². The number of non-ortho nitro benzene ring substituents is 1. The first-order valence-corrected chi connectivity index (χ1v) is 8.36. The number of nitro groups is 1. The maximum Gasteiger partial charge on any atom is 0.341 e. The van der Waals surface area contributed by atoms with Gasteiger partial charge in [-0.05, 0) is 12.1 Å². The molecule has 0 radical (unpaired) electrons. The summed E-state index contributed by atoms with van der Waals surface area (Å²) in [6, 6.07) is 11.1. The van der Waals surface area contributed by atoms with Crippen molar-refractivity contribution in [2.24, 2.45) is 0 Å². The minimum atomic E-state index is -0.827. The molecule has 2 aromatic rings. The number of carbonyl (C=O) groups is 2. The van der Waals surface area contributed by atoms with Gasteiger partial charge in [-0.3, -0.25) is 14.9 Å². The van der Waals surface area contributed by atoms with Crippen molar-refractivity contribution in [2.45, 2.75) is 6.54 Å². The van der Waals surface area contributed by atoms with Crippen LogP contribution in [-0.2, 0) is 16.1 Å². The molecule has 2 rings (SSSR count). The van der Waals surface area contributed by atoms with E-state index >= 15 is 0 Å². The summed E-state index contributed by atoms with van der Waals surface area (Å²) >= 11 is 0. The minimum Gasteiger partial charge on any atom is -0.496 e. The third-order valence-corrected chi connectivity index (χ3v) is 4.06. The maximum atomic E-state index is 12.3. The van der Waals surface area contributed by atoms with E-state index in [0.29, 0.717) is 11.4 Å². The summed E-state index contributed by atoms with van der Waals surface area (Å²) in [5.74, 6) is -0.600. The molecule has 0 aliphatic heterocycles. The number of nitrogens with one attached hydrogen (secondary N) is 1. The SMILES string of the molecule is CNc1ccc([N+](=O)[O-])cc1C(=O)OCC(=O)N(C)Cc1ccccc1OC. The molecule has 0 unspecified atom stereocenters. The highest BCUT2D eigenvalue weighted by Gasteiger charge is 2.20. The number of nitro benzene ring substituents is 1. The van der Waals surface area contributed by atoms with Crippen molar-refractivity contribution in [3.8, 4) is 5.75 Å². The largest absolute Gasteiger partial charge is 0.496 e. The Kier molecular flexibility index (Phi) is 6.91. The summed E-state index contributed by atoms with van der Waals surface area (Å²) in [4.78, 5) is 36.3. The van der Waals surface area contributed by atoms with E-state index in [4.69, 9.17) is 9.47 Å². The fourth-order valence-corrected chi connectivity index (χ4v) is 2.53. The number of carbonyl (C=O) groups excluding carboxylic acids is 2. The van der Waals surface area contributed by atoms with Gasteiger partial charge in [-0.25, -0.2) is 4.79 Å². The van der Waals surface area contributed by atoms with Gasteiger partial charge in [0.1, 0.15) is 5.75 Å². The molecule has 0 fully saturated rings. The summed E-state index contributed by atoms with van der Waals surface area (Å²) in [6.45, 7) is -0.213. The lowest BCUT2D eigenvalue weighted by Gasteiger charge is -2.19. The Bertz CT molecular complexity index is 884. The first kappa shape index (κ1) is 20.7. The highest BCUT2D eigenvalue weighted by molar-refractivity contribution is 5.97. The molecule has 0 saturated carbocycles. The number of benzene rings is 2. The number of para-hydroxylation sites is 1. The number of methoxy groups -OCH3 is 1. The minimum absolute atomic E-state index is 0.0168. The van der Waals surface area contributed by atoms with Gasteiger partial charge in [0.2, 0.25) is 0 Å². The van der Waals surface area contributed by atoms with Crippen molar-refractivity contribution in [1.29, 1.82) is 0 Å². The Morgan fingerprint density at radius 3 is 2.57 bits per heavy atom. The standard InChI is InChI=1S/C19H21N3O6/c1-20-16-9-8-14(22(25)26)10-15(16)19(24)28-12-18(23)21(2)11-13-6-4-5-7-17(13)27-3/h4-10,20H,11-12H2,1-3H3. The van der Waals surface area contributed by atoms with E-state index in [1.54, 1.807) is 27.3 Å². The normalized spacial score (nSPS) is 10.1. The molecule has 9 nitrogen and oxygen atoms in total. The second-order valence-corrected chi connectivity index (χ2v) is 5.87. The van der Waals surface area contributed by atoms with Gasteiger partial charge in [0.25, 0.3) is 11.6 Å². The Hall–Kier alpha value is -3.62. The molecule has 1 N–H and O–H groups in total.